The van der Waals surface area contributed by atoms with E-state index in [1.54, 1.807) is 12.1 Å². The number of hydrogen-bond donors (Lipinski definition) is 0. The SMILES string of the molecule is CS(=O)(=O)c1ccc(C#CCF)cc1. The number of sulfone groups is 1. The van der Waals surface area contributed by atoms with Crippen molar-refractivity contribution in [1.29, 1.82) is 0 Å². The van der Waals surface area contributed by atoms with Crippen LogP contribution in [0.25, 0.3) is 0 Å². The van der Waals surface area contributed by atoms with Gasteiger partial charge in [-0.2, -0.15) is 0 Å². The molecule has 0 fully saturated rings. The van der Waals surface area contributed by atoms with Gasteiger partial charge in [-0.05, 0) is 24.3 Å². The van der Waals surface area contributed by atoms with Crippen molar-refractivity contribution in [3.8, 4) is 11.8 Å². The molecule has 0 aliphatic carbocycles. The Labute approximate surface area is 82.7 Å². The zero-order valence-corrected chi connectivity index (χ0v) is 8.44. The standard InChI is InChI=1S/C10H9FO2S/c1-14(12,13)10-6-4-9(5-7-10)3-2-8-11/h4-7H,8H2,1H3. The Hall–Kier alpha value is -1.34. The van der Waals surface area contributed by atoms with Crippen molar-refractivity contribution in [1.82, 2.24) is 0 Å². The summed E-state index contributed by atoms with van der Waals surface area (Å²) in [5.74, 6) is 4.81. The molecule has 0 bridgehead atoms. The van der Waals surface area contributed by atoms with Crippen molar-refractivity contribution >= 4 is 9.84 Å². The highest BCUT2D eigenvalue weighted by molar-refractivity contribution is 7.90. The first-order valence-electron chi connectivity index (χ1n) is 3.89. The second-order valence-corrected chi connectivity index (χ2v) is 4.75. The summed E-state index contributed by atoms with van der Waals surface area (Å²) in [4.78, 5) is 0.239. The third-order valence-corrected chi connectivity index (χ3v) is 2.71. The Kier molecular flexibility index (Phi) is 3.26. The van der Waals surface area contributed by atoms with E-state index in [0.717, 1.165) is 6.26 Å². The van der Waals surface area contributed by atoms with Crippen LogP contribution in [0.2, 0.25) is 0 Å². The zero-order valence-electron chi connectivity index (χ0n) is 7.62. The summed E-state index contributed by atoms with van der Waals surface area (Å²) in [7, 11) is -3.16. The van der Waals surface area contributed by atoms with E-state index in [-0.39, 0.29) is 4.90 Å². The Bertz CT molecular complexity index is 463. The highest BCUT2D eigenvalue weighted by Gasteiger charge is 2.04. The van der Waals surface area contributed by atoms with Crippen molar-refractivity contribution in [2.24, 2.45) is 0 Å². The van der Waals surface area contributed by atoms with Crippen LogP contribution in [0.3, 0.4) is 0 Å². The molecule has 0 heterocycles. The fourth-order valence-corrected chi connectivity index (χ4v) is 1.55. The Morgan fingerprint density at radius 1 is 1.29 bits per heavy atom. The summed E-state index contributed by atoms with van der Waals surface area (Å²) in [5.41, 5.74) is 0.607. The first kappa shape index (κ1) is 10.7. The fourth-order valence-electron chi connectivity index (χ4n) is 0.921. The minimum atomic E-state index is -3.16. The van der Waals surface area contributed by atoms with Gasteiger partial charge >= 0.3 is 0 Å². The highest BCUT2D eigenvalue weighted by atomic mass is 32.2. The van der Waals surface area contributed by atoms with Crippen LogP contribution in [-0.4, -0.2) is 21.3 Å². The van der Waals surface area contributed by atoms with Crippen LogP contribution in [0.15, 0.2) is 29.2 Å². The average molecular weight is 212 g/mol. The maximum Gasteiger partial charge on any atom is 0.175 e. The lowest BCUT2D eigenvalue weighted by molar-refractivity contribution is 0.573. The lowest BCUT2D eigenvalue weighted by Crippen LogP contribution is -1.96. The van der Waals surface area contributed by atoms with Gasteiger partial charge in [-0.3, -0.25) is 0 Å². The number of halogens is 1. The summed E-state index contributed by atoms with van der Waals surface area (Å²) in [6.07, 6.45) is 1.13. The van der Waals surface area contributed by atoms with Gasteiger partial charge in [-0.1, -0.05) is 11.8 Å². The second-order valence-electron chi connectivity index (χ2n) is 2.73. The van der Waals surface area contributed by atoms with Crippen LogP contribution in [0.5, 0.6) is 0 Å². The third-order valence-electron chi connectivity index (χ3n) is 1.58. The van der Waals surface area contributed by atoms with Gasteiger partial charge < -0.3 is 0 Å². The van der Waals surface area contributed by atoms with Gasteiger partial charge in [-0.15, -0.1) is 0 Å². The molecule has 0 spiro atoms. The van der Waals surface area contributed by atoms with E-state index in [4.69, 9.17) is 0 Å². The molecule has 1 aromatic rings. The van der Waals surface area contributed by atoms with E-state index in [1.165, 1.54) is 12.1 Å². The quantitative estimate of drug-likeness (QED) is 0.660. The molecule has 14 heavy (non-hydrogen) atoms. The molecular weight excluding hydrogens is 203 g/mol. The third kappa shape index (κ3) is 2.86. The van der Waals surface area contributed by atoms with Gasteiger partial charge in [0.05, 0.1) is 4.90 Å². The van der Waals surface area contributed by atoms with Gasteiger partial charge in [0.15, 0.2) is 16.5 Å². The average Bonchev–Trinajstić information content (AvgIpc) is 2.14. The van der Waals surface area contributed by atoms with Crippen LogP contribution < -0.4 is 0 Å². The van der Waals surface area contributed by atoms with Gasteiger partial charge in [0.2, 0.25) is 0 Å². The minimum Gasteiger partial charge on any atom is -0.237 e. The van der Waals surface area contributed by atoms with E-state index in [1.807, 2.05) is 0 Å². The van der Waals surface area contributed by atoms with Crippen molar-refractivity contribution < 1.29 is 12.8 Å². The molecule has 1 rings (SSSR count). The molecule has 0 aliphatic rings. The lowest BCUT2D eigenvalue weighted by Gasteiger charge is -1.96. The predicted octanol–water partition coefficient (Wildman–Crippen LogP) is 1.41. The normalized spacial score (nSPS) is 10.4. The zero-order chi connectivity index (χ0) is 10.6. The van der Waals surface area contributed by atoms with Crippen LogP contribution in [0.4, 0.5) is 4.39 Å². The molecule has 1 aromatic carbocycles. The maximum atomic E-state index is 11.7. The van der Waals surface area contributed by atoms with Crippen LogP contribution in [0.1, 0.15) is 5.56 Å². The minimum absolute atomic E-state index is 0.239. The molecule has 4 heteroatoms. The van der Waals surface area contributed by atoms with Crippen molar-refractivity contribution in [2.45, 2.75) is 4.90 Å². The second kappa shape index (κ2) is 4.25. The largest absolute Gasteiger partial charge is 0.237 e. The Morgan fingerprint density at radius 2 is 1.86 bits per heavy atom. The van der Waals surface area contributed by atoms with Gasteiger partial charge in [-0.25, -0.2) is 12.8 Å². The Balaban J connectivity index is 3.01. The topological polar surface area (TPSA) is 34.1 Å². The molecule has 0 aliphatic heterocycles. The van der Waals surface area contributed by atoms with E-state index in [9.17, 15) is 12.8 Å². The van der Waals surface area contributed by atoms with Crippen LogP contribution in [0, 0.1) is 11.8 Å². The molecule has 0 saturated heterocycles. The van der Waals surface area contributed by atoms with Gasteiger partial charge in [0, 0.05) is 11.8 Å². The van der Waals surface area contributed by atoms with Gasteiger partial charge in [0.25, 0.3) is 0 Å². The van der Waals surface area contributed by atoms with Crippen molar-refractivity contribution in [3.63, 3.8) is 0 Å². The molecule has 74 valence electrons. The van der Waals surface area contributed by atoms with Crippen LogP contribution in [-0.2, 0) is 9.84 Å². The summed E-state index contributed by atoms with van der Waals surface area (Å²) in [6, 6.07) is 6.02. The number of rotatable bonds is 1. The monoisotopic (exact) mass is 212 g/mol. The van der Waals surface area contributed by atoms with E-state index >= 15 is 0 Å². The maximum absolute atomic E-state index is 11.7. The molecule has 2 nitrogen and oxygen atoms in total. The summed E-state index contributed by atoms with van der Waals surface area (Å²) < 4.78 is 33.8. The molecular formula is C10H9FO2S. The number of alkyl halides is 1. The summed E-state index contributed by atoms with van der Waals surface area (Å²) in [5, 5.41) is 0. The first-order valence-corrected chi connectivity index (χ1v) is 5.78. The van der Waals surface area contributed by atoms with Crippen molar-refractivity contribution in [2.75, 3.05) is 12.9 Å². The van der Waals surface area contributed by atoms with Crippen molar-refractivity contribution in [3.05, 3.63) is 29.8 Å². The Morgan fingerprint density at radius 3 is 2.29 bits per heavy atom. The fraction of sp³-hybridized carbons (Fsp3) is 0.200. The van der Waals surface area contributed by atoms with Gasteiger partial charge in [0.1, 0.15) is 0 Å². The molecule has 0 unspecified atom stereocenters. The molecule has 0 amide bonds. The smallest absolute Gasteiger partial charge is 0.175 e. The molecule has 0 aromatic heterocycles. The highest BCUT2D eigenvalue weighted by Crippen LogP contribution is 2.09. The molecule has 0 N–H and O–H groups in total. The molecule has 0 saturated carbocycles. The number of hydrogen-bond acceptors (Lipinski definition) is 2. The van der Waals surface area contributed by atoms with E-state index < -0.39 is 16.5 Å². The summed E-state index contributed by atoms with van der Waals surface area (Å²) >= 11 is 0. The van der Waals surface area contributed by atoms with E-state index in [0.29, 0.717) is 5.56 Å². The van der Waals surface area contributed by atoms with E-state index in [2.05, 4.69) is 11.8 Å². The molecule has 0 radical (unpaired) electrons. The van der Waals surface area contributed by atoms with Crippen LogP contribution >= 0.6 is 0 Å². The summed E-state index contributed by atoms with van der Waals surface area (Å²) in [6.45, 7) is -0.701. The first-order chi connectivity index (χ1) is 6.54. The number of benzene rings is 1. The predicted molar refractivity (Wildman–Crippen MR) is 52.4 cm³/mol. The lowest BCUT2D eigenvalue weighted by atomic mass is 10.2. The molecule has 0 atom stereocenters.